The first-order chi connectivity index (χ1) is 9.07. The molecule has 0 aliphatic heterocycles. The topological polar surface area (TPSA) is 31.4 Å². The highest BCUT2D eigenvalue weighted by atomic mass is 15.2. The number of nitrogens with one attached hydrogen (secondary N) is 1. The maximum atomic E-state index is 4.37. The first kappa shape index (κ1) is 14.3. The minimum Gasteiger partial charge on any atom is -0.373 e. The van der Waals surface area contributed by atoms with Crippen LogP contribution in [0.3, 0.4) is 0 Å². The quantitative estimate of drug-likeness (QED) is 0.850. The summed E-state index contributed by atoms with van der Waals surface area (Å²) in [6.07, 6.45) is 5.83. The smallest absolute Gasteiger partial charge is 0.130 e. The van der Waals surface area contributed by atoms with E-state index >= 15 is 0 Å². The summed E-state index contributed by atoms with van der Waals surface area (Å²) in [6, 6.07) is 4.16. The van der Waals surface area contributed by atoms with E-state index < -0.39 is 0 Å². The van der Waals surface area contributed by atoms with E-state index in [4.69, 9.17) is 0 Å². The van der Waals surface area contributed by atoms with E-state index in [1.807, 2.05) is 19.3 Å². The lowest BCUT2D eigenvalue weighted by Crippen LogP contribution is -2.56. The van der Waals surface area contributed by atoms with Gasteiger partial charge in [0.15, 0.2) is 0 Å². The molecule has 1 aliphatic carbocycles. The van der Waals surface area contributed by atoms with Gasteiger partial charge in [-0.25, -0.2) is 4.98 Å². The normalized spacial score (nSPS) is 17.6. The molecule has 1 aromatic heterocycles. The summed E-state index contributed by atoms with van der Waals surface area (Å²) in [5.41, 5.74) is 1.65. The van der Waals surface area contributed by atoms with Crippen molar-refractivity contribution in [3.05, 3.63) is 23.9 Å². The zero-order chi connectivity index (χ0) is 13.9. The van der Waals surface area contributed by atoms with Crippen LogP contribution in [0, 0.1) is 0 Å². The standard InChI is InChI=1S/C15H26N4/c1-16-14-13(7-5-10-17-14)11-19(4)12-15(18(2)3)8-6-9-15/h5,7,10H,6,8-9,11-12H2,1-4H3,(H,16,17). The lowest BCUT2D eigenvalue weighted by molar-refractivity contribution is 0.0259. The summed E-state index contributed by atoms with van der Waals surface area (Å²) >= 11 is 0. The predicted octanol–water partition coefficient (Wildman–Crippen LogP) is 2.04. The van der Waals surface area contributed by atoms with Gasteiger partial charge in [0.1, 0.15) is 5.82 Å². The molecule has 0 saturated heterocycles. The Hall–Kier alpha value is -1.13. The lowest BCUT2D eigenvalue weighted by atomic mass is 9.75. The Labute approximate surface area is 116 Å². The van der Waals surface area contributed by atoms with Gasteiger partial charge in [-0.2, -0.15) is 0 Å². The fraction of sp³-hybridized carbons (Fsp3) is 0.667. The van der Waals surface area contributed by atoms with E-state index in [1.165, 1.54) is 24.8 Å². The van der Waals surface area contributed by atoms with Gasteiger partial charge in [0.2, 0.25) is 0 Å². The Balaban J connectivity index is 1.99. The first-order valence-electron chi connectivity index (χ1n) is 7.05. The van der Waals surface area contributed by atoms with Gasteiger partial charge in [0.25, 0.3) is 0 Å². The highest BCUT2D eigenvalue weighted by Crippen LogP contribution is 2.36. The SMILES string of the molecule is CNc1ncccc1CN(C)CC1(N(C)C)CCC1. The monoisotopic (exact) mass is 262 g/mol. The third kappa shape index (κ3) is 3.07. The molecule has 0 atom stereocenters. The Bertz CT molecular complexity index is 412. The van der Waals surface area contributed by atoms with Gasteiger partial charge in [0.05, 0.1) is 0 Å². The number of aromatic nitrogens is 1. The number of anilines is 1. The van der Waals surface area contributed by atoms with Crippen LogP contribution in [0.2, 0.25) is 0 Å². The Morgan fingerprint density at radius 1 is 1.32 bits per heavy atom. The Morgan fingerprint density at radius 2 is 2.05 bits per heavy atom. The minimum atomic E-state index is 0.386. The fourth-order valence-corrected chi connectivity index (χ4v) is 2.97. The molecular weight excluding hydrogens is 236 g/mol. The van der Waals surface area contributed by atoms with Crippen molar-refractivity contribution >= 4 is 5.82 Å². The van der Waals surface area contributed by atoms with Crippen LogP contribution in [0.25, 0.3) is 0 Å². The van der Waals surface area contributed by atoms with Crippen LogP contribution in [-0.4, -0.2) is 55.1 Å². The van der Waals surface area contributed by atoms with E-state index in [0.29, 0.717) is 5.54 Å². The molecule has 0 bridgehead atoms. The van der Waals surface area contributed by atoms with E-state index in [9.17, 15) is 0 Å². The maximum Gasteiger partial charge on any atom is 0.130 e. The molecule has 0 radical (unpaired) electrons. The van der Waals surface area contributed by atoms with Crippen molar-refractivity contribution in [1.29, 1.82) is 0 Å². The molecule has 1 N–H and O–H groups in total. The van der Waals surface area contributed by atoms with Crippen LogP contribution < -0.4 is 5.32 Å². The summed E-state index contributed by atoms with van der Waals surface area (Å²) < 4.78 is 0. The van der Waals surface area contributed by atoms with Gasteiger partial charge in [-0.1, -0.05) is 6.07 Å². The second-order valence-electron chi connectivity index (χ2n) is 5.91. The number of hydrogen-bond donors (Lipinski definition) is 1. The molecule has 1 fully saturated rings. The summed E-state index contributed by atoms with van der Waals surface area (Å²) in [5, 5.41) is 3.17. The molecule has 1 aromatic rings. The third-order valence-electron chi connectivity index (χ3n) is 4.37. The average Bonchev–Trinajstić information content (AvgIpc) is 2.34. The molecule has 0 amide bonds. The zero-order valence-corrected chi connectivity index (χ0v) is 12.6. The third-order valence-corrected chi connectivity index (χ3v) is 4.37. The van der Waals surface area contributed by atoms with Crippen molar-refractivity contribution in [1.82, 2.24) is 14.8 Å². The van der Waals surface area contributed by atoms with E-state index in [2.05, 4.69) is 47.3 Å². The van der Waals surface area contributed by atoms with Crippen molar-refractivity contribution < 1.29 is 0 Å². The number of hydrogen-bond acceptors (Lipinski definition) is 4. The lowest BCUT2D eigenvalue weighted by Gasteiger charge is -2.49. The van der Waals surface area contributed by atoms with Gasteiger partial charge < -0.3 is 15.1 Å². The molecule has 4 nitrogen and oxygen atoms in total. The van der Waals surface area contributed by atoms with Crippen molar-refractivity contribution in [3.63, 3.8) is 0 Å². The molecule has 4 heteroatoms. The second kappa shape index (κ2) is 5.88. The van der Waals surface area contributed by atoms with Crippen LogP contribution in [0.5, 0.6) is 0 Å². The van der Waals surface area contributed by atoms with Gasteiger partial charge in [0, 0.05) is 37.4 Å². The molecule has 0 spiro atoms. The fourth-order valence-electron chi connectivity index (χ4n) is 2.97. The molecule has 0 aromatic carbocycles. The van der Waals surface area contributed by atoms with Crippen LogP contribution >= 0.6 is 0 Å². The zero-order valence-electron chi connectivity index (χ0n) is 12.6. The molecule has 0 unspecified atom stereocenters. The largest absolute Gasteiger partial charge is 0.373 e. The summed E-state index contributed by atoms with van der Waals surface area (Å²) in [5.74, 6) is 0.988. The highest BCUT2D eigenvalue weighted by Gasteiger charge is 2.39. The van der Waals surface area contributed by atoms with Gasteiger partial charge in [-0.15, -0.1) is 0 Å². The minimum absolute atomic E-state index is 0.386. The van der Waals surface area contributed by atoms with Crippen LogP contribution in [0.4, 0.5) is 5.82 Å². The number of pyridine rings is 1. The number of rotatable bonds is 6. The number of nitrogens with zero attached hydrogens (tertiary/aromatic N) is 3. The van der Waals surface area contributed by atoms with Crippen LogP contribution in [-0.2, 0) is 6.54 Å². The van der Waals surface area contributed by atoms with Gasteiger partial charge in [-0.3, -0.25) is 0 Å². The molecule has 19 heavy (non-hydrogen) atoms. The van der Waals surface area contributed by atoms with E-state index in [1.54, 1.807) is 0 Å². The predicted molar refractivity (Wildman–Crippen MR) is 80.4 cm³/mol. The van der Waals surface area contributed by atoms with Crippen LogP contribution in [0.15, 0.2) is 18.3 Å². The molecule has 106 valence electrons. The summed E-state index contributed by atoms with van der Waals surface area (Å²) in [7, 11) is 8.54. The van der Waals surface area contributed by atoms with Crippen molar-refractivity contribution in [2.24, 2.45) is 0 Å². The van der Waals surface area contributed by atoms with Crippen molar-refractivity contribution in [2.45, 2.75) is 31.3 Å². The Morgan fingerprint density at radius 3 is 2.58 bits per heavy atom. The molecule has 1 aliphatic rings. The van der Waals surface area contributed by atoms with Gasteiger partial charge >= 0.3 is 0 Å². The highest BCUT2D eigenvalue weighted by molar-refractivity contribution is 5.42. The second-order valence-corrected chi connectivity index (χ2v) is 5.91. The average molecular weight is 262 g/mol. The maximum absolute atomic E-state index is 4.37. The van der Waals surface area contributed by atoms with Gasteiger partial charge in [-0.05, 0) is 46.5 Å². The number of likely N-dealkylation sites (N-methyl/N-ethyl adjacent to an activating group) is 2. The Kier molecular flexibility index (Phi) is 4.42. The molecular formula is C15H26N4. The van der Waals surface area contributed by atoms with E-state index in [-0.39, 0.29) is 0 Å². The van der Waals surface area contributed by atoms with Crippen molar-refractivity contribution in [3.8, 4) is 0 Å². The molecule has 1 heterocycles. The summed E-state index contributed by atoms with van der Waals surface area (Å²) in [4.78, 5) is 9.18. The molecule has 2 rings (SSSR count). The van der Waals surface area contributed by atoms with E-state index in [0.717, 1.165) is 18.9 Å². The molecule has 1 saturated carbocycles. The van der Waals surface area contributed by atoms with Crippen molar-refractivity contribution in [2.75, 3.05) is 40.1 Å². The van der Waals surface area contributed by atoms with Crippen LogP contribution in [0.1, 0.15) is 24.8 Å². The first-order valence-corrected chi connectivity index (χ1v) is 7.05. The summed E-state index contributed by atoms with van der Waals surface area (Å²) in [6.45, 7) is 2.07.